The monoisotopic (exact) mass is 943 g/mol. The summed E-state index contributed by atoms with van der Waals surface area (Å²) in [5, 5.41) is 14.0. The minimum atomic E-state index is -4.56. The van der Waals surface area contributed by atoms with Crippen molar-refractivity contribution in [1.82, 2.24) is 5.32 Å². The van der Waals surface area contributed by atoms with Crippen LogP contribution in [0.25, 0.3) is 0 Å². The molecule has 3 atom stereocenters. The summed E-state index contributed by atoms with van der Waals surface area (Å²) in [4.78, 5) is 25.5. The summed E-state index contributed by atoms with van der Waals surface area (Å²) in [6.07, 6.45) is 57.2. The average Bonchev–Trinajstić information content (AvgIpc) is 3.26. The molecule has 0 saturated heterocycles. The summed E-state index contributed by atoms with van der Waals surface area (Å²) in [6.45, 7) is 4.76. The molecule has 0 aliphatic carbocycles. The molecule has 0 heterocycles. The zero-order valence-corrected chi connectivity index (χ0v) is 45.4. The molecule has 0 fully saturated rings. The number of likely N-dealkylation sites (N-methyl/N-ethyl adjacent to an activating group) is 1. The van der Waals surface area contributed by atoms with Crippen LogP contribution < -0.4 is 10.2 Å². The zero-order valence-electron chi connectivity index (χ0n) is 44.5. The summed E-state index contributed by atoms with van der Waals surface area (Å²) in [7, 11) is 1.32. The lowest BCUT2D eigenvalue weighted by Gasteiger charge is -2.30. The second-order valence-corrected chi connectivity index (χ2v) is 22.8. The van der Waals surface area contributed by atoms with Crippen LogP contribution in [0.4, 0.5) is 0 Å². The summed E-state index contributed by atoms with van der Waals surface area (Å²) in [6, 6.07) is -0.794. The predicted octanol–water partition coefficient (Wildman–Crippen LogP) is 16.6. The lowest BCUT2D eigenvalue weighted by Crippen LogP contribution is -2.46. The highest BCUT2D eigenvalue weighted by atomic mass is 31.2. The van der Waals surface area contributed by atoms with E-state index in [4.69, 9.17) is 9.05 Å². The smallest absolute Gasteiger partial charge is 0.268 e. The number of aliphatic hydroxyl groups excluding tert-OH is 1. The number of quaternary nitrogens is 1. The van der Waals surface area contributed by atoms with Crippen molar-refractivity contribution in [3.63, 3.8) is 0 Å². The lowest BCUT2D eigenvalue weighted by molar-refractivity contribution is -0.870. The molecule has 0 radical (unpaired) electrons. The Bertz CT molecular complexity index is 1030. The van der Waals surface area contributed by atoms with Crippen molar-refractivity contribution in [2.24, 2.45) is 0 Å². The SMILES string of the molecule is CCCCCCCCCCCCCCCCCCCCCCCCCCCCCCCCC(=O)NC(COP(=O)([O-])OCC[N+](C)(C)C)C(O)CCCCCCCCCCCCCCC. The van der Waals surface area contributed by atoms with Crippen molar-refractivity contribution in [1.29, 1.82) is 0 Å². The van der Waals surface area contributed by atoms with E-state index < -0.39 is 20.0 Å². The largest absolute Gasteiger partial charge is 0.756 e. The maximum absolute atomic E-state index is 13.0. The van der Waals surface area contributed by atoms with E-state index in [9.17, 15) is 19.4 Å². The summed E-state index contributed by atoms with van der Waals surface area (Å²) < 4.78 is 23.4. The van der Waals surface area contributed by atoms with Crippen LogP contribution in [-0.2, 0) is 18.4 Å². The number of carbonyl (C=O) groups excluding carboxylic acids is 1. The van der Waals surface area contributed by atoms with Gasteiger partial charge in [0.05, 0.1) is 39.9 Å². The topological polar surface area (TPSA) is 108 Å². The highest BCUT2D eigenvalue weighted by Crippen LogP contribution is 2.38. The second kappa shape index (κ2) is 48.5. The molecule has 3 unspecified atom stereocenters. The van der Waals surface area contributed by atoms with E-state index in [0.717, 1.165) is 38.5 Å². The van der Waals surface area contributed by atoms with Crippen LogP contribution in [0.15, 0.2) is 0 Å². The maximum atomic E-state index is 13.0. The number of nitrogens with zero attached hydrogens (tertiary/aromatic N) is 1. The quantitative estimate of drug-likeness (QED) is 0.0357. The van der Waals surface area contributed by atoms with Crippen molar-refractivity contribution in [3.8, 4) is 0 Å². The van der Waals surface area contributed by atoms with E-state index >= 15 is 0 Å². The van der Waals surface area contributed by atoms with Gasteiger partial charge in [-0.05, 0) is 12.8 Å². The lowest BCUT2D eigenvalue weighted by atomic mass is 10.0. The van der Waals surface area contributed by atoms with Crippen LogP contribution in [0.1, 0.15) is 303 Å². The molecule has 0 aromatic heterocycles. The number of rotatable bonds is 54. The number of amides is 1. The van der Waals surface area contributed by atoms with Gasteiger partial charge in [-0.15, -0.1) is 0 Å². The third-order valence-corrected chi connectivity index (χ3v) is 14.6. The molecule has 0 aliphatic rings. The van der Waals surface area contributed by atoms with Gasteiger partial charge in [-0.2, -0.15) is 0 Å². The summed E-state index contributed by atoms with van der Waals surface area (Å²) in [5.41, 5.74) is 0. The number of phosphoric ester groups is 1. The molecule has 0 spiro atoms. The molecule has 9 heteroatoms. The Morgan fingerprint density at radius 3 is 1.05 bits per heavy atom. The van der Waals surface area contributed by atoms with Gasteiger partial charge in [0.1, 0.15) is 13.2 Å². The van der Waals surface area contributed by atoms with Gasteiger partial charge in [-0.25, -0.2) is 0 Å². The van der Waals surface area contributed by atoms with Crippen LogP contribution >= 0.6 is 7.82 Å². The molecule has 0 aromatic rings. The zero-order chi connectivity index (χ0) is 47.8. The molecule has 0 rings (SSSR count). The molecule has 1 amide bonds. The Hall–Kier alpha value is -0.500. The van der Waals surface area contributed by atoms with Crippen LogP contribution in [0.2, 0.25) is 0 Å². The van der Waals surface area contributed by atoms with Gasteiger partial charge in [0.2, 0.25) is 5.91 Å². The van der Waals surface area contributed by atoms with Gasteiger partial charge in [0.25, 0.3) is 7.82 Å². The minimum absolute atomic E-state index is 0.0164. The van der Waals surface area contributed by atoms with Crippen LogP contribution in [0.5, 0.6) is 0 Å². The second-order valence-electron chi connectivity index (χ2n) is 21.4. The minimum Gasteiger partial charge on any atom is -0.756 e. The standard InChI is InChI=1S/C56H115N2O6P/c1-6-8-10-12-14-16-18-20-21-22-23-24-25-26-27-28-29-30-31-32-33-34-35-36-38-40-42-44-46-48-50-56(60)57-54(53-64-65(61,62)63-52-51-58(3,4)5)55(59)49-47-45-43-41-39-37-19-17-15-13-11-9-7-2/h54-55,59H,6-53H2,1-5H3,(H-,57,60,61,62). The van der Waals surface area contributed by atoms with Crippen LogP contribution in [0.3, 0.4) is 0 Å². The van der Waals surface area contributed by atoms with Crippen molar-refractivity contribution >= 4 is 13.7 Å². The van der Waals surface area contributed by atoms with Crippen LogP contribution in [-0.4, -0.2) is 68.5 Å². The third kappa shape index (κ3) is 51.2. The van der Waals surface area contributed by atoms with E-state index in [0.29, 0.717) is 23.9 Å². The fourth-order valence-electron chi connectivity index (χ4n) is 9.04. The number of carbonyl (C=O) groups is 1. The number of nitrogens with one attached hydrogen (secondary N) is 1. The van der Waals surface area contributed by atoms with E-state index in [1.54, 1.807) is 0 Å². The Morgan fingerprint density at radius 1 is 0.477 bits per heavy atom. The van der Waals surface area contributed by atoms with Gasteiger partial charge < -0.3 is 28.8 Å². The summed E-state index contributed by atoms with van der Waals surface area (Å²) in [5.74, 6) is -0.157. The number of hydrogen-bond acceptors (Lipinski definition) is 6. The van der Waals surface area contributed by atoms with Gasteiger partial charge in [0, 0.05) is 6.42 Å². The highest BCUT2D eigenvalue weighted by Gasteiger charge is 2.24. The molecular formula is C56H115N2O6P. The molecule has 8 nitrogen and oxygen atoms in total. The fourth-order valence-corrected chi connectivity index (χ4v) is 9.77. The normalized spacial score (nSPS) is 13.9. The Morgan fingerprint density at radius 2 is 0.754 bits per heavy atom. The van der Waals surface area contributed by atoms with E-state index in [1.807, 2.05) is 21.1 Å². The van der Waals surface area contributed by atoms with Crippen molar-refractivity contribution in [2.45, 2.75) is 315 Å². The summed E-state index contributed by atoms with van der Waals surface area (Å²) >= 11 is 0. The number of unbranched alkanes of at least 4 members (excludes halogenated alkanes) is 41. The van der Waals surface area contributed by atoms with Crippen molar-refractivity contribution in [2.75, 3.05) is 40.9 Å². The first-order valence-electron chi connectivity index (χ1n) is 28.9. The number of hydrogen-bond donors (Lipinski definition) is 2. The Labute approximate surface area is 406 Å². The van der Waals surface area contributed by atoms with Crippen molar-refractivity contribution in [3.05, 3.63) is 0 Å². The highest BCUT2D eigenvalue weighted by molar-refractivity contribution is 7.45. The average molecular weight is 944 g/mol. The number of aliphatic hydroxyl groups is 1. The van der Waals surface area contributed by atoms with Crippen molar-refractivity contribution < 1.29 is 32.9 Å². The van der Waals surface area contributed by atoms with Gasteiger partial charge in [-0.1, -0.05) is 284 Å². The van der Waals surface area contributed by atoms with Crippen LogP contribution in [0, 0.1) is 0 Å². The molecule has 65 heavy (non-hydrogen) atoms. The molecule has 0 aromatic carbocycles. The molecule has 0 bridgehead atoms. The van der Waals surface area contributed by atoms with E-state index in [-0.39, 0.29) is 19.1 Å². The fraction of sp³-hybridized carbons (Fsp3) is 0.982. The molecule has 2 N–H and O–H groups in total. The Balaban J connectivity index is 3.97. The molecular weight excluding hydrogens is 828 g/mol. The van der Waals surface area contributed by atoms with Gasteiger partial charge >= 0.3 is 0 Å². The van der Waals surface area contributed by atoms with E-state index in [2.05, 4.69) is 19.2 Å². The molecule has 0 aliphatic heterocycles. The first-order chi connectivity index (χ1) is 31.5. The first-order valence-corrected chi connectivity index (χ1v) is 30.3. The molecule has 390 valence electrons. The van der Waals surface area contributed by atoms with Gasteiger partial charge in [-0.3, -0.25) is 9.36 Å². The third-order valence-electron chi connectivity index (χ3n) is 13.6. The first kappa shape index (κ1) is 64.5. The maximum Gasteiger partial charge on any atom is 0.268 e. The van der Waals surface area contributed by atoms with Gasteiger partial charge in [0.15, 0.2) is 0 Å². The van der Waals surface area contributed by atoms with E-state index in [1.165, 1.54) is 238 Å². The molecule has 0 saturated carbocycles. The predicted molar refractivity (Wildman–Crippen MR) is 279 cm³/mol. The Kier molecular flexibility index (Phi) is 48.1. The number of phosphoric acid groups is 1.